The third-order valence-electron chi connectivity index (χ3n) is 4.79. The van der Waals surface area contributed by atoms with E-state index in [4.69, 9.17) is 4.74 Å². The van der Waals surface area contributed by atoms with Gasteiger partial charge in [-0.3, -0.25) is 4.79 Å². The lowest BCUT2D eigenvalue weighted by Crippen LogP contribution is -2.38. The molecule has 2 fully saturated rings. The van der Waals surface area contributed by atoms with Gasteiger partial charge in [-0.25, -0.2) is 0 Å². The highest BCUT2D eigenvalue weighted by atomic mass is 16.5. The number of benzene rings is 1. The molecular weight excluding hydrogens is 250 g/mol. The minimum absolute atomic E-state index is 0.0636. The molecule has 2 aliphatic rings. The number of ether oxygens (including phenoxy) is 1. The number of hydrogen-bond donors (Lipinski definition) is 1. The first kappa shape index (κ1) is 13.5. The van der Waals surface area contributed by atoms with Gasteiger partial charge in [-0.1, -0.05) is 6.42 Å². The predicted octanol–water partition coefficient (Wildman–Crippen LogP) is 3.31. The van der Waals surface area contributed by atoms with Crippen LogP contribution in [-0.2, 0) is 0 Å². The molecule has 1 aromatic rings. The van der Waals surface area contributed by atoms with Gasteiger partial charge in [-0.05, 0) is 68.7 Å². The van der Waals surface area contributed by atoms with Crippen LogP contribution in [0.5, 0.6) is 5.75 Å². The first-order valence-corrected chi connectivity index (χ1v) is 7.71. The summed E-state index contributed by atoms with van der Waals surface area (Å²) in [6.07, 6.45) is 5.14. The van der Waals surface area contributed by atoms with E-state index >= 15 is 0 Å². The van der Waals surface area contributed by atoms with Crippen molar-refractivity contribution >= 4 is 5.91 Å². The van der Waals surface area contributed by atoms with Crippen LogP contribution in [0.4, 0.5) is 0 Å². The molecule has 0 saturated heterocycles. The monoisotopic (exact) mass is 273 g/mol. The fourth-order valence-corrected chi connectivity index (χ4v) is 3.78. The van der Waals surface area contributed by atoms with Crippen molar-refractivity contribution in [2.24, 2.45) is 11.8 Å². The van der Waals surface area contributed by atoms with E-state index in [1.807, 2.05) is 32.0 Å². The normalized spacial score (nSPS) is 27.6. The number of carbonyl (C=O) groups excluding carboxylic acids is 1. The first-order chi connectivity index (χ1) is 9.67. The molecule has 1 amide bonds. The summed E-state index contributed by atoms with van der Waals surface area (Å²) < 4.78 is 5.51. The number of nitrogens with one attached hydrogen (secondary N) is 1. The average molecular weight is 273 g/mol. The summed E-state index contributed by atoms with van der Waals surface area (Å²) in [6, 6.07) is 6.08. The SMILES string of the molecule is CCOc1ccc(C(=O)N[C@H]2C[C@@H]3CC[C@@H]2C3)cc1C. The van der Waals surface area contributed by atoms with Crippen LogP contribution in [0, 0.1) is 18.8 Å². The van der Waals surface area contributed by atoms with E-state index in [2.05, 4.69) is 5.32 Å². The zero-order chi connectivity index (χ0) is 14.1. The van der Waals surface area contributed by atoms with Crippen molar-refractivity contribution in [3.63, 3.8) is 0 Å². The molecule has 0 spiro atoms. The van der Waals surface area contributed by atoms with E-state index in [0.29, 0.717) is 18.6 Å². The van der Waals surface area contributed by atoms with Crippen LogP contribution in [-0.4, -0.2) is 18.6 Å². The highest BCUT2D eigenvalue weighted by molar-refractivity contribution is 5.94. The average Bonchev–Trinajstić information content (AvgIpc) is 3.03. The lowest BCUT2D eigenvalue weighted by molar-refractivity contribution is 0.0923. The summed E-state index contributed by atoms with van der Waals surface area (Å²) in [4.78, 5) is 12.3. The van der Waals surface area contributed by atoms with Crippen molar-refractivity contribution in [3.05, 3.63) is 29.3 Å². The lowest BCUT2D eigenvalue weighted by atomic mass is 9.95. The van der Waals surface area contributed by atoms with Crippen LogP contribution >= 0.6 is 0 Å². The zero-order valence-electron chi connectivity index (χ0n) is 12.3. The van der Waals surface area contributed by atoms with Gasteiger partial charge in [0.05, 0.1) is 6.61 Å². The first-order valence-electron chi connectivity index (χ1n) is 7.71. The second kappa shape index (κ2) is 5.47. The van der Waals surface area contributed by atoms with Gasteiger partial charge in [-0.15, -0.1) is 0 Å². The van der Waals surface area contributed by atoms with Gasteiger partial charge in [0.1, 0.15) is 5.75 Å². The largest absolute Gasteiger partial charge is 0.494 e. The number of hydrogen-bond acceptors (Lipinski definition) is 2. The van der Waals surface area contributed by atoms with Crippen molar-refractivity contribution in [2.75, 3.05) is 6.61 Å². The molecule has 2 saturated carbocycles. The predicted molar refractivity (Wildman–Crippen MR) is 79.1 cm³/mol. The van der Waals surface area contributed by atoms with Gasteiger partial charge in [-0.2, -0.15) is 0 Å². The van der Waals surface area contributed by atoms with Gasteiger partial charge in [0.15, 0.2) is 0 Å². The van der Waals surface area contributed by atoms with Crippen LogP contribution in [0.3, 0.4) is 0 Å². The molecule has 108 valence electrons. The van der Waals surface area contributed by atoms with Crippen molar-refractivity contribution in [1.82, 2.24) is 5.32 Å². The summed E-state index contributed by atoms with van der Waals surface area (Å²) in [5.74, 6) is 2.50. The Balaban J connectivity index is 1.66. The summed E-state index contributed by atoms with van der Waals surface area (Å²) in [5, 5.41) is 3.23. The van der Waals surface area contributed by atoms with E-state index in [-0.39, 0.29) is 5.91 Å². The minimum atomic E-state index is 0.0636. The maximum atomic E-state index is 12.3. The lowest BCUT2D eigenvalue weighted by Gasteiger charge is -2.23. The summed E-state index contributed by atoms with van der Waals surface area (Å²) in [6.45, 7) is 4.60. The molecule has 0 aromatic heterocycles. The molecule has 0 radical (unpaired) electrons. The zero-order valence-corrected chi connectivity index (χ0v) is 12.3. The second-order valence-corrected chi connectivity index (χ2v) is 6.17. The van der Waals surface area contributed by atoms with E-state index in [0.717, 1.165) is 22.8 Å². The van der Waals surface area contributed by atoms with E-state index in [1.54, 1.807) is 0 Å². The number of carbonyl (C=O) groups is 1. The molecule has 20 heavy (non-hydrogen) atoms. The molecule has 3 nitrogen and oxygen atoms in total. The van der Waals surface area contributed by atoms with Crippen LogP contribution in [0.2, 0.25) is 0 Å². The quantitative estimate of drug-likeness (QED) is 0.914. The van der Waals surface area contributed by atoms with E-state index in [1.165, 1.54) is 25.7 Å². The van der Waals surface area contributed by atoms with E-state index in [9.17, 15) is 4.79 Å². The molecule has 1 aromatic carbocycles. The van der Waals surface area contributed by atoms with Gasteiger partial charge >= 0.3 is 0 Å². The maximum Gasteiger partial charge on any atom is 0.251 e. The minimum Gasteiger partial charge on any atom is -0.494 e. The van der Waals surface area contributed by atoms with Crippen LogP contribution in [0.15, 0.2) is 18.2 Å². The maximum absolute atomic E-state index is 12.3. The Labute approximate surface area is 120 Å². The molecule has 1 N–H and O–H groups in total. The third kappa shape index (κ3) is 2.54. The summed E-state index contributed by atoms with van der Waals surface area (Å²) in [5.41, 5.74) is 1.76. The highest BCUT2D eigenvalue weighted by Crippen LogP contribution is 2.44. The molecule has 0 unspecified atom stereocenters. The Hall–Kier alpha value is -1.51. The topological polar surface area (TPSA) is 38.3 Å². The standard InChI is InChI=1S/C17H23NO2/c1-3-20-16-7-6-14(8-11(16)2)17(19)18-15-10-12-4-5-13(15)9-12/h6-8,12-13,15H,3-5,9-10H2,1-2H3,(H,18,19)/t12-,13-,15+/m1/s1. The van der Waals surface area contributed by atoms with Crippen molar-refractivity contribution in [1.29, 1.82) is 0 Å². The Bertz CT molecular complexity index is 512. The van der Waals surface area contributed by atoms with Gasteiger partial charge in [0.2, 0.25) is 0 Å². The smallest absolute Gasteiger partial charge is 0.251 e. The van der Waals surface area contributed by atoms with E-state index < -0.39 is 0 Å². The van der Waals surface area contributed by atoms with Gasteiger partial charge in [0.25, 0.3) is 5.91 Å². The number of rotatable bonds is 4. The number of fused-ring (bicyclic) bond motifs is 2. The molecular formula is C17H23NO2. The van der Waals surface area contributed by atoms with Crippen molar-refractivity contribution in [3.8, 4) is 5.75 Å². The second-order valence-electron chi connectivity index (χ2n) is 6.17. The fourth-order valence-electron chi connectivity index (χ4n) is 3.78. The molecule has 2 aliphatic carbocycles. The number of amides is 1. The fraction of sp³-hybridized carbons (Fsp3) is 0.588. The summed E-state index contributed by atoms with van der Waals surface area (Å²) >= 11 is 0. The Morgan fingerprint density at radius 2 is 2.20 bits per heavy atom. The Morgan fingerprint density at radius 3 is 2.80 bits per heavy atom. The third-order valence-corrected chi connectivity index (χ3v) is 4.79. The van der Waals surface area contributed by atoms with Gasteiger partial charge < -0.3 is 10.1 Å². The Kier molecular flexibility index (Phi) is 3.68. The Morgan fingerprint density at radius 1 is 1.35 bits per heavy atom. The highest BCUT2D eigenvalue weighted by Gasteiger charge is 2.40. The number of aryl methyl sites for hydroxylation is 1. The van der Waals surface area contributed by atoms with Crippen LogP contribution < -0.4 is 10.1 Å². The molecule has 3 atom stereocenters. The van der Waals surface area contributed by atoms with Crippen LogP contribution in [0.25, 0.3) is 0 Å². The molecule has 0 aliphatic heterocycles. The molecule has 3 rings (SSSR count). The van der Waals surface area contributed by atoms with Crippen molar-refractivity contribution in [2.45, 2.75) is 45.6 Å². The molecule has 0 heterocycles. The van der Waals surface area contributed by atoms with Crippen molar-refractivity contribution < 1.29 is 9.53 Å². The van der Waals surface area contributed by atoms with Crippen LogP contribution in [0.1, 0.15) is 48.5 Å². The molecule has 2 bridgehead atoms. The van der Waals surface area contributed by atoms with Gasteiger partial charge in [0, 0.05) is 11.6 Å². The summed E-state index contributed by atoms with van der Waals surface area (Å²) in [7, 11) is 0. The molecule has 3 heteroatoms.